The van der Waals surface area contributed by atoms with Crippen LogP contribution < -0.4 is 14.5 Å². The lowest BCUT2D eigenvalue weighted by atomic mass is 10.0. The quantitative estimate of drug-likeness (QED) is 0.732. The summed E-state index contributed by atoms with van der Waals surface area (Å²) in [4.78, 5) is 2.41. The van der Waals surface area contributed by atoms with Crippen LogP contribution in [0.15, 0.2) is 58.8 Å². The maximum Gasteiger partial charge on any atom is 0.122 e. The van der Waals surface area contributed by atoms with Gasteiger partial charge in [0, 0.05) is 41.9 Å². The zero-order valence-corrected chi connectivity index (χ0v) is 17.2. The molecule has 0 saturated carbocycles. The van der Waals surface area contributed by atoms with E-state index in [2.05, 4.69) is 24.0 Å². The minimum absolute atomic E-state index is 0.729. The Morgan fingerprint density at radius 3 is 2.50 bits per heavy atom. The van der Waals surface area contributed by atoms with Crippen molar-refractivity contribution in [3.05, 3.63) is 64.3 Å². The van der Waals surface area contributed by atoms with Gasteiger partial charge in [-0.05, 0) is 42.8 Å². The molecule has 0 fully saturated rings. The van der Waals surface area contributed by atoms with E-state index in [0.717, 1.165) is 48.3 Å². The fourth-order valence-electron chi connectivity index (χ4n) is 3.77. The fourth-order valence-corrected chi connectivity index (χ4v) is 3.95. The fraction of sp³-hybridized carbons (Fsp3) is 0.318. The van der Waals surface area contributed by atoms with Gasteiger partial charge >= 0.3 is 0 Å². The average Bonchev–Trinajstić information content (AvgIpc) is 3.15. The number of methoxy groups -OCH3 is 2. The summed E-state index contributed by atoms with van der Waals surface area (Å²) in [6, 6.07) is 13.9. The molecule has 2 aliphatic rings. The molecule has 2 heterocycles. The topological polar surface area (TPSA) is 37.3 Å². The van der Waals surface area contributed by atoms with Gasteiger partial charge in [0.05, 0.1) is 32.2 Å². The van der Waals surface area contributed by atoms with Crippen LogP contribution in [0.2, 0.25) is 5.02 Å². The van der Waals surface area contributed by atoms with Gasteiger partial charge in [-0.2, -0.15) is 5.10 Å². The van der Waals surface area contributed by atoms with Gasteiger partial charge in [-0.25, -0.2) is 0 Å². The second-order valence-corrected chi connectivity index (χ2v) is 7.48. The van der Waals surface area contributed by atoms with E-state index in [9.17, 15) is 0 Å². The average molecular weight is 398 g/mol. The maximum atomic E-state index is 6.15. The monoisotopic (exact) mass is 397 g/mol. The zero-order valence-electron chi connectivity index (χ0n) is 16.4. The summed E-state index contributed by atoms with van der Waals surface area (Å²) in [5, 5.41) is 7.60. The number of fused-ring (bicyclic) bond motifs is 1. The number of nitrogens with zero attached hydrogens (tertiary/aromatic N) is 3. The molecule has 6 heteroatoms. The predicted molar refractivity (Wildman–Crippen MR) is 114 cm³/mol. The number of halogens is 1. The Balaban J connectivity index is 1.56. The molecule has 0 atom stereocenters. The molecule has 2 aromatic carbocycles. The molecule has 5 nitrogen and oxygen atoms in total. The Kier molecular flexibility index (Phi) is 5.18. The predicted octanol–water partition coefficient (Wildman–Crippen LogP) is 4.71. The van der Waals surface area contributed by atoms with Gasteiger partial charge in [0.1, 0.15) is 11.5 Å². The smallest absolute Gasteiger partial charge is 0.122 e. The molecule has 0 spiro atoms. The Morgan fingerprint density at radius 1 is 1.07 bits per heavy atom. The minimum Gasteiger partial charge on any atom is -0.497 e. The van der Waals surface area contributed by atoms with Crippen molar-refractivity contribution in [2.45, 2.75) is 19.9 Å². The third kappa shape index (κ3) is 3.67. The van der Waals surface area contributed by atoms with Crippen molar-refractivity contribution in [1.29, 1.82) is 0 Å². The Hall–Kier alpha value is -2.66. The summed E-state index contributed by atoms with van der Waals surface area (Å²) >= 11 is 6.15. The van der Waals surface area contributed by atoms with Gasteiger partial charge in [0.25, 0.3) is 0 Å². The van der Waals surface area contributed by atoms with Crippen molar-refractivity contribution in [1.82, 2.24) is 4.90 Å². The van der Waals surface area contributed by atoms with Gasteiger partial charge in [-0.1, -0.05) is 17.7 Å². The van der Waals surface area contributed by atoms with Crippen molar-refractivity contribution in [3.63, 3.8) is 0 Å². The van der Waals surface area contributed by atoms with Crippen LogP contribution in [0.1, 0.15) is 18.9 Å². The first-order chi connectivity index (χ1) is 13.6. The van der Waals surface area contributed by atoms with E-state index in [1.165, 1.54) is 22.5 Å². The van der Waals surface area contributed by atoms with Crippen molar-refractivity contribution in [3.8, 4) is 11.5 Å². The molecule has 0 aliphatic carbocycles. The summed E-state index contributed by atoms with van der Waals surface area (Å²) in [6.07, 6.45) is 0.935. The highest BCUT2D eigenvalue weighted by molar-refractivity contribution is 6.30. The second kappa shape index (κ2) is 7.76. The van der Waals surface area contributed by atoms with E-state index in [-0.39, 0.29) is 0 Å². The number of hydrazone groups is 1. The molecule has 0 unspecified atom stereocenters. The summed E-state index contributed by atoms with van der Waals surface area (Å²) in [5.74, 6) is 1.62. The Morgan fingerprint density at radius 2 is 1.82 bits per heavy atom. The van der Waals surface area contributed by atoms with Crippen LogP contribution in [-0.2, 0) is 6.54 Å². The van der Waals surface area contributed by atoms with E-state index < -0.39 is 0 Å². The molecular weight excluding hydrogens is 374 g/mol. The molecule has 146 valence electrons. The van der Waals surface area contributed by atoms with Crippen LogP contribution in [-0.4, -0.2) is 37.9 Å². The number of anilines is 1. The highest BCUT2D eigenvalue weighted by Gasteiger charge is 2.29. The molecule has 0 saturated heterocycles. The lowest BCUT2D eigenvalue weighted by Gasteiger charge is -2.31. The molecule has 0 aromatic heterocycles. The lowest BCUT2D eigenvalue weighted by Crippen LogP contribution is -2.31. The molecule has 0 radical (unpaired) electrons. The largest absolute Gasteiger partial charge is 0.497 e. The van der Waals surface area contributed by atoms with Crippen LogP contribution in [0.25, 0.3) is 0 Å². The van der Waals surface area contributed by atoms with Crippen LogP contribution >= 0.6 is 11.6 Å². The summed E-state index contributed by atoms with van der Waals surface area (Å²) in [5.41, 5.74) is 5.95. The molecule has 28 heavy (non-hydrogen) atoms. The van der Waals surface area contributed by atoms with Gasteiger partial charge in [-0.3, -0.25) is 5.01 Å². The van der Waals surface area contributed by atoms with E-state index in [4.69, 9.17) is 26.2 Å². The second-order valence-electron chi connectivity index (χ2n) is 7.04. The Bertz CT molecular complexity index is 932. The van der Waals surface area contributed by atoms with Gasteiger partial charge in [0.15, 0.2) is 0 Å². The molecule has 4 rings (SSSR count). The number of hydrogen-bond donors (Lipinski definition) is 0. The van der Waals surface area contributed by atoms with Gasteiger partial charge < -0.3 is 14.4 Å². The number of allylic oxidation sites excluding steroid dienone is 1. The van der Waals surface area contributed by atoms with Gasteiger partial charge in [0.2, 0.25) is 0 Å². The molecule has 2 aromatic rings. The summed E-state index contributed by atoms with van der Waals surface area (Å²) < 4.78 is 10.8. The molecule has 0 amide bonds. The lowest BCUT2D eigenvalue weighted by molar-refractivity contribution is 0.335. The standard InChI is InChI=1S/C22H24ClN3O2/c1-15-21-14-26(18-6-4-5-17(23)11-18)24-22(21)7-8-25(15)13-16-9-19(27-2)12-20(10-16)28-3/h4-6,9-12H,7-8,13-14H2,1-3H3. The molecule has 0 bridgehead atoms. The summed E-state index contributed by atoms with van der Waals surface area (Å²) in [6.45, 7) is 4.72. The SMILES string of the molecule is COc1cc(CN2CCC3=NN(c4cccc(Cl)c4)CC3=C2C)cc(OC)c1. The highest BCUT2D eigenvalue weighted by atomic mass is 35.5. The van der Waals surface area contributed by atoms with Crippen molar-refractivity contribution in [2.24, 2.45) is 5.10 Å². The van der Waals surface area contributed by atoms with E-state index in [0.29, 0.717) is 0 Å². The summed E-state index contributed by atoms with van der Waals surface area (Å²) in [7, 11) is 3.36. The highest BCUT2D eigenvalue weighted by Crippen LogP contribution is 2.32. The molecule has 0 N–H and O–H groups in total. The van der Waals surface area contributed by atoms with Crippen molar-refractivity contribution >= 4 is 23.0 Å². The molecule has 2 aliphatic heterocycles. The van der Waals surface area contributed by atoms with Crippen molar-refractivity contribution in [2.75, 3.05) is 32.3 Å². The third-order valence-corrected chi connectivity index (χ3v) is 5.55. The number of hydrogen-bond acceptors (Lipinski definition) is 5. The first-order valence-corrected chi connectivity index (χ1v) is 9.73. The van der Waals surface area contributed by atoms with E-state index >= 15 is 0 Å². The van der Waals surface area contributed by atoms with E-state index in [1.807, 2.05) is 35.3 Å². The molecular formula is C22H24ClN3O2. The minimum atomic E-state index is 0.729. The third-order valence-electron chi connectivity index (χ3n) is 5.32. The number of ether oxygens (including phenoxy) is 2. The Labute approximate surface area is 170 Å². The van der Waals surface area contributed by atoms with Crippen LogP contribution in [0.3, 0.4) is 0 Å². The van der Waals surface area contributed by atoms with Crippen LogP contribution in [0.5, 0.6) is 11.5 Å². The zero-order chi connectivity index (χ0) is 19.7. The number of rotatable bonds is 5. The van der Waals surface area contributed by atoms with Crippen molar-refractivity contribution < 1.29 is 9.47 Å². The van der Waals surface area contributed by atoms with Crippen LogP contribution in [0.4, 0.5) is 5.69 Å². The first-order valence-electron chi connectivity index (χ1n) is 9.35. The van der Waals surface area contributed by atoms with E-state index in [1.54, 1.807) is 14.2 Å². The number of benzene rings is 2. The first kappa shape index (κ1) is 18.7. The van der Waals surface area contributed by atoms with Gasteiger partial charge in [-0.15, -0.1) is 0 Å². The van der Waals surface area contributed by atoms with Crippen LogP contribution in [0, 0.1) is 0 Å². The normalized spacial score (nSPS) is 16.2. The maximum absolute atomic E-state index is 6.15.